The fourth-order valence-electron chi connectivity index (χ4n) is 4.28. The fraction of sp³-hybridized carbons (Fsp3) is 0.0385. The van der Waals surface area contributed by atoms with E-state index >= 15 is 0 Å². The van der Waals surface area contributed by atoms with Crippen molar-refractivity contribution in [1.29, 1.82) is 0 Å². The number of nitrogens with one attached hydrogen (secondary N) is 1. The number of nitrogens with two attached hydrogens (primary N) is 2. The average Bonchev–Trinajstić information content (AvgIpc) is 3.28. The number of rotatable bonds is 5. The van der Waals surface area contributed by atoms with E-state index in [9.17, 15) is 31.2 Å². The molecule has 0 radical (unpaired) electrons. The van der Waals surface area contributed by atoms with Crippen molar-refractivity contribution in [2.24, 2.45) is 10.9 Å². The van der Waals surface area contributed by atoms with Gasteiger partial charge in [0.15, 0.2) is 5.69 Å². The lowest BCUT2D eigenvalue weighted by Gasteiger charge is -2.13. The minimum absolute atomic E-state index is 0.0593. The molecule has 5 aromatic rings. The minimum Gasteiger partial charge on any atom is -0.364 e. The molecule has 0 atom stereocenters. The van der Waals surface area contributed by atoms with Crippen LogP contribution in [-0.4, -0.2) is 30.0 Å². The van der Waals surface area contributed by atoms with E-state index in [0.717, 1.165) is 12.1 Å². The molecule has 0 fully saturated rings. The van der Waals surface area contributed by atoms with Gasteiger partial charge < -0.3 is 11.1 Å². The number of sulfonamides is 1. The Labute approximate surface area is 218 Å². The summed E-state index contributed by atoms with van der Waals surface area (Å²) in [6, 6.07) is 17.9. The predicted octanol–water partition coefficient (Wildman–Crippen LogP) is 4.20. The van der Waals surface area contributed by atoms with Gasteiger partial charge in [-0.15, -0.1) is 0 Å². The van der Waals surface area contributed by atoms with Crippen LogP contribution in [0.15, 0.2) is 83.8 Å². The van der Waals surface area contributed by atoms with E-state index < -0.39 is 39.1 Å². The number of primary amides is 1. The summed E-state index contributed by atoms with van der Waals surface area (Å²) in [6.45, 7) is 0. The molecule has 0 saturated heterocycles. The summed E-state index contributed by atoms with van der Waals surface area (Å²) in [4.78, 5) is 24.9. The maximum atomic E-state index is 13.4. The molecule has 0 aliphatic heterocycles. The Hall–Kier alpha value is -4.75. The van der Waals surface area contributed by atoms with Crippen molar-refractivity contribution in [3.63, 3.8) is 0 Å². The van der Waals surface area contributed by atoms with E-state index in [-0.39, 0.29) is 16.3 Å². The number of alkyl halides is 3. The van der Waals surface area contributed by atoms with Gasteiger partial charge in [-0.3, -0.25) is 9.59 Å². The second-order valence-electron chi connectivity index (χ2n) is 8.56. The van der Waals surface area contributed by atoms with Gasteiger partial charge in [0.2, 0.25) is 10.0 Å². The number of primary sulfonamides is 1. The third-order valence-corrected chi connectivity index (χ3v) is 6.97. The molecule has 39 heavy (non-hydrogen) atoms. The zero-order chi connectivity index (χ0) is 28.1. The molecule has 0 aliphatic rings. The van der Waals surface area contributed by atoms with Gasteiger partial charge in [-0.05, 0) is 60.0 Å². The molecule has 2 amide bonds. The molecule has 0 bridgehead atoms. The van der Waals surface area contributed by atoms with Crippen molar-refractivity contribution < 1.29 is 31.2 Å². The molecule has 1 aromatic heterocycles. The number of anilines is 1. The van der Waals surface area contributed by atoms with Gasteiger partial charge in [-0.1, -0.05) is 24.3 Å². The quantitative estimate of drug-likeness (QED) is 0.298. The van der Waals surface area contributed by atoms with Crippen LogP contribution >= 0.6 is 0 Å². The lowest BCUT2D eigenvalue weighted by Crippen LogP contribution is -2.18. The lowest BCUT2D eigenvalue weighted by molar-refractivity contribution is -0.137. The van der Waals surface area contributed by atoms with Crippen molar-refractivity contribution in [2.45, 2.75) is 11.1 Å². The normalized spacial score (nSPS) is 12.1. The van der Waals surface area contributed by atoms with Crippen molar-refractivity contribution >= 4 is 49.2 Å². The average molecular weight is 554 g/mol. The third kappa shape index (κ3) is 4.80. The standard InChI is InChI=1S/C26H18F3N5O4S/c27-26(28,29)21-4-2-1-3-18(21)25(36)32-15-7-5-14-6-12-19-22(24(30)35)33-34(23(19)20(14)13-15)16-8-10-17(11-9-16)39(31,37)38/h1-13H,(H2,30,35)(H,32,36)(H2,31,37,38). The molecule has 4 aromatic carbocycles. The minimum atomic E-state index is -4.72. The first-order valence-corrected chi connectivity index (χ1v) is 12.8. The van der Waals surface area contributed by atoms with E-state index in [1.807, 2.05) is 0 Å². The Bertz CT molecular complexity index is 1900. The largest absolute Gasteiger partial charge is 0.417 e. The highest BCUT2D eigenvalue weighted by molar-refractivity contribution is 7.89. The van der Waals surface area contributed by atoms with Crippen LogP contribution in [0.2, 0.25) is 0 Å². The maximum Gasteiger partial charge on any atom is 0.417 e. The molecule has 1 heterocycles. The van der Waals surface area contributed by atoms with E-state index in [1.54, 1.807) is 18.2 Å². The number of hydrogen-bond donors (Lipinski definition) is 3. The van der Waals surface area contributed by atoms with Gasteiger partial charge in [0, 0.05) is 16.5 Å². The molecule has 0 aliphatic carbocycles. The van der Waals surface area contributed by atoms with Gasteiger partial charge in [-0.2, -0.15) is 18.3 Å². The summed E-state index contributed by atoms with van der Waals surface area (Å²) in [6.07, 6.45) is -4.72. The van der Waals surface area contributed by atoms with Crippen LogP contribution in [0.1, 0.15) is 26.4 Å². The number of amides is 2. The first-order chi connectivity index (χ1) is 18.3. The zero-order valence-electron chi connectivity index (χ0n) is 19.7. The van der Waals surface area contributed by atoms with Crippen molar-refractivity contribution in [3.05, 3.63) is 95.7 Å². The maximum absolute atomic E-state index is 13.4. The van der Waals surface area contributed by atoms with Crippen molar-refractivity contribution in [1.82, 2.24) is 9.78 Å². The highest BCUT2D eigenvalue weighted by atomic mass is 32.2. The number of fused-ring (bicyclic) bond motifs is 3. The number of nitrogens with zero attached hydrogens (tertiary/aromatic N) is 2. The molecule has 198 valence electrons. The first-order valence-electron chi connectivity index (χ1n) is 11.2. The Morgan fingerprint density at radius 2 is 1.56 bits per heavy atom. The summed E-state index contributed by atoms with van der Waals surface area (Å²) in [5.41, 5.74) is 4.84. The van der Waals surface area contributed by atoms with Gasteiger partial charge in [0.1, 0.15) is 0 Å². The van der Waals surface area contributed by atoms with E-state index in [2.05, 4.69) is 10.4 Å². The van der Waals surface area contributed by atoms with Crippen LogP contribution in [-0.2, 0) is 16.2 Å². The van der Waals surface area contributed by atoms with Gasteiger partial charge in [0.25, 0.3) is 11.8 Å². The van der Waals surface area contributed by atoms with Crippen LogP contribution in [0.4, 0.5) is 18.9 Å². The van der Waals surface area contributed by atoms with Gasteiger partial charge in [-0.25, -0.2) is 18.2 Å². The molecular formula is C26H18F3N5O4S. The Morgan fingerprint density at radius 1 is 0.897 bits per heavy atom. The highest BCUT2D eigenvalue weighted by Gasteiger charge is 2.34. The molecule has 0 saturated carbocycles. The zero-order valence-corrected chi connectivity index (χ0v) is 20.5. The number of carbonyl (C=O) groups is 2. The Balaban J connectivity index is 1.66. The SMILES string of the molecule is NC(=O)c1nn(-c2ccc(S(N)(=O)=O)cc2)c2c1ccc1ccc(NC(=O)c3ccccc3C(F)(F)F)cc12. The van der Waals surface area contributed by atoms with Crippen LogP contribution in [0.5, 0.6) is 0 Å². The topological polar surface area (TPSA) is 150 Å². The molecule has 5 rings (SSSR count). The Morgan fingerprint density at radius 3 is 2.21 bits per heavy atom. The molecule has 0 spiro atoms. The molecular weight excluding hydrogens is 535 g/mol. The number of benzene rings is 4. The van der Waals surface area contributed by atoms with Crippen LogP contribution < -0.4 is 16.2 Å². The molecule has 5 N–H and O–H groups in total. The summed E-state index contributed by atoms with van der Waals surface area (Å²) in [5.74, 6) is -1.77. The van der Waals surface area contributed by atoms with Crippen molar-refractivity contribution in [2.75, 3.05) is 5.32 Å². The summed E-state index contributed by atoms with van der Waals surface area (Å²) in [7, 11) is -3.95. The highest BCUT2D eigenvalue weighted by Crippen LogP contribution is 2.34. The van der Waals surface area contributed by atoms with E-state index in [0.29, 0.717) is 27.4 Å². The third-order valence-electron chi connectivity index (χ3n) is 6.04. The van der Waals surface area contributed by atoms with E-state index in [1.165, 1.54) is 53.2 Å². The first kappa shape index (κ1) is 25.9. The van der Waals surface area contributed by atoms with Gasteiger partial charge >= 0.3 is 6.18 Å². The second-order valence-corrected chi connectivity index (χ2v) is 10.1. The summed E-state index contributed by atoms with van der Waals surface area (Å²) >= 11 is 0. The van der Waals surface area contributed by atoms with Crippen molar-refractivity contribution in [3.8, 4) is 5.69 Å². The van der Waals surface area contributed by atoms with E-state index in [4.69, 9.17) is 10.9 Å². The number of carbonyl (C=O) groups excluding carboxylic acids is 2. The summed E-state index contributed by atoms with van der Waals surface area (Å²) in [5, 5.41) is 13.5. The Kier molecular flexibility index (Phi) is 6.12. The number of hydrogen-bond acceptors (Lipinski definition) is 5. The summed E-state index contributed by atoms with van der Waals surface area (Å²) < 4.78 is 65.0. The molecule has 13 heteroatoms. The number of aromatic nitrogens is 2. The lowest BCUT2D eigenvalue weighted by atomic mass is 10.0. The molecule has 9 nitrogen and oxygen atoms in total. The monoisotopic (exact) mass is 553 g/mol. The van der Waals surface area contributed by atoms with Crippen LogP contribution in [0, 0.1) is 0 Å². The number of halogens is 3. The molecule has 0 unspecified atom stereocenters. The second kappa shape index (κ2) is 9.22. The smallest absolute Gasteiger partial charge is 0.364 e. The predicted molar refractivity (Wildman–Crippen MR) is 138 cm³/mol. The van der Waals surface area contributed by atoms with Crippen LogP contribution in [0.25, 0.3) is 27.4 Å². The van der Waals surface area contributed by atoms with Crippen LogP contribution in [0.3, 0.4) is 0 Å². The fourth-order valence-corrected chi connectivity index (χ4v) is 4.79. The van der Waals surface area contributed by atoms with Gasteiger partial charge in [0.05, 0.1) is 27.2 Å².